The van der Waals surface area contributed by atoms with E-state index in [1.807, 2.05) is 0 Å². The summed E-state index contributed by atoms with van der Waals surface area (Å²) < 4.78 is 38.9. The van der Waals surface area contributed by atoms with Gasteiger partial charge in [0, 0.05) is 23.6 Å². The smallest absolute Gasteiger partial charge is 0.347 e. The number of ether oxygens (including phenoxy) is 2. The van der Waals surface area contributed by atoms with Crippen molar-refractivity contribution in [1.29, 1.82) is 0 Å². The van der Waals surface area contributed by atoms with Crippen LogP contribution in [0, 0.1) is 11.6 Å². The molecule has 0 spiro atoms. The van der Waals surface area contributed by atoms with Crippen molar-refractivity contribution in [3.8, 4) is 22.6 Å². The third kappa shape index (κ3) is 2.79. The standard InChI is InChI=1S/C18H16F2O4/c1-18(2,17(21)22)24-15-9-14-10(6-7-23-14)8-12(15)11-4-3-5-13(19)16(11)20/h3-5,8-9H,6-7H2,1-2H3,(H,21,22). The molecule has 1 aliphatic rings. The normalized spacial score (nSPS) is 13.3. The summed E-state index contributed by atoms with van der Waals surface area (Å²) in [5, 5.41) is 9.27. The fourth-order valence-electron chi connectivity index (χ4n) is 2.53. The van der Waals surface area contributed by atoms with Gasteiger partial charge in [-0.2, -0.15) is 0 Å². The van der Waals surface area contributed by atoms with Crippen LogP contribution in [0.2, 0.25) is 0 Å². The van der Waals surface area contributed by atoms with Crippen molar-refractivity contribution in [3.63, 3.8) is 0 Å². The molecule has 4 nitrogen and oxygen atoms in total. The highest BCUT2D eigenvalue weighted by molar-refractivity contribution is 5.79. The van der Waals surface area contributed by atoms with Crippen molar-refractivity contribution in [3.05, 3.63) is 47.5 Å². The van der Waals surface area contributed by atoms with Crippen molar-refractivity contribution in [2.45, 2.75) is 25.9 Å². The average Bonchev–Trinajstić information content (AvgIpc) is 2.96. The van der Waals surface area contributed by atoms with E-state index in [0.29, 0.717) is 24.3 Å². The van der Waals surface area contributed by atoms with Gasteiger partial charge < -0.3 is 14.6 Å². The van der Waals surface area contributed by atoms with E-state index in [4.69, 9.17) is 9.47 Å². The predicted octanol–water partition coefficient (Wildman–Crippen LogP) is 3.81. The highest BCUT2D eigenvalue weighted by atomic mass is 19.2. The van der Waals surface area contributed by atoms with Gasteiger partial charge in [0.25, 0.3) is 0 Å². The Bertz CT molecular complexity index is 815. The van der Waals surface area contributed by atoms with Crippen LogP contribution in [0.4, 0.5) is 8.78 Å². The lowest BCUT2D eigenvalue weighted by Crippen LogP contribution is -2.38. The van der Waals surface area contributed by atoms with E-state index in [1.54, 1.807) is 6.07 Å². The van der Waals surface area contributed by atoms with Gasteiger partial charge in [-0.25, -0.2) is 13.6 Å². The second-order valence-corrected chi connectivity index (χ2v) is 6.07. The van der Waals surface area contributed by atoms with Crippen molar-refractivity contribution in [2.75, 3.05) is 6.61 Å². The van der Waals surface area contributed by atoms with Crippen LogP contribution < -0.4 is 9.47 Å². The van der Waals surface area contributed by atoms with Crippen LogP contribution in [0.3, 0.4) is 0 Å². The molecule has 0 atom stereocenters. The van der Waals surface area contributed by atoms with E-state index in [1.165, 1.54) is 32.0 Å². The number of hydrogen-bond acceptors (Lipinski definition) is 3. The SMILES string of the molecule is CC(C)(Oc1cc2c(cc1-c1cccc(F)c1F)CCO2)C(=O)O. The topological polar surface area (TPSA) is 55.8 Å². The van der Waals surface area contributed by atoms with Gasteiger partial charge in [-0.1, -0.05) is 12.1 Å². The van der Waals surface area contributed by atoms with Gasteiger partial charge in [0.15, 0.2) is 17.2 Å². The largest absolute Gasteiger partial charge is 0.493 e. The predicted molar refractivity (Wildman–Crippen MR) is 83.3 cm³/mol. The number of carbonyl (C=O) groups is 1. The molecule has 0 amide bonds. The van der Waals surface area contributed by atoms with Gasteiger partial charge in [0.2, 0.25) is 0 Å². The Morgan fingerprint density at radius 1 is 1.25 bits per heavy atom. The first-order valence-corrected chi connectivity index (χ1v) is 7.46. The van der Waals surface area contributed by atoms with E-state index in [2.05, 4.69) is 0 Å². The maximum atomic E-state index is 14.2. The molecule has 0 fully saturated rings. The summed E-state index contributed by atoms with van der Waals surface area (Å²) >= 11 is 0. The first kappa shape index (κ1) is 16.2. The van der Waals surface area contributed by atoms with Gasteiger partial charge in [0.05, 0.1) is 6.61 Å². The Labute approximate surface area is 137 Å². The van der Waals surface area contributed by atoms with Crippen LogP contribution in [0.5, 0.6) is 11.5 Å². The molecule has 0 saturated carbocycles. The van der Waals surface area contributed by atoms with Gasteiger partial charge in [-0.15, -0.1) is 0 Å². The molecular formula is C18H16F2O4. The number of carboxylic acid groups (broad SMARTS) is 1. The van der Waals surface area contributed by atoms with E-state index in [0.717, 1.165) is 11.6 Å². The van der Waals surface area contributed by atoms with Crippen LogP contribution in [0.25, 0.3) is 11.1 Å². The summed E-state index contributed by atoms with van der Waals surface area (Å²) in [6.07, 6.45) is 0.641. The molecule has 24 heavy (non-hydrogen) atoms. The third-order valence-electron chi connectivity index (χ3n) is 3.91. The minimum atomic E-state index is -1.54. The van der Waals surface area contributed by atoms with Crippen LogP contribution in [0.15, 0.2) is 30.3 Å². The van der Waals surface area contributed by atoms with Crippen molar-refractivity contribution in [1.82, 2.24) is 0 Å². The Kier molecular flexibility index (Phi) is 3.91. The minimum absolute atomic E-state index is 0.0147. The molecule has 2 aromatic carbocycles. The highest BCUT2D eigenvalue weighted by Crippen LogP contribution is 2.41. The van der Waals surface area contributed by atoms with E-state index in [9.17, 15) is 18.7 Å². The Morgan fingerprint density at radius 2 is 2.00 bits per heavy atom. The summed E-state index contributed by atoms with van der Waals surface area (Å²) in [7, 11) is 0. The Morgan fingerprint density at radius 3 is 2.71 bits per heavy atom. The molecule has 6 heteroatoms. The number of rotatable bonds is 4. The lowest BCUT2D eigenvalue weighted by molar-refractivity contribution is -0.152. The number of hydrogen-bond donors (Lipinski definition) is 1. The van der Waals surface area contributed by atoms with Gasteiger partial charge in [0.1, 0.15) is 11.5 Å². The summed E-state index contributed by atoms with van der Waals surface area (Å²) in [6, 6.07) is 7.04. The average molecular weight is 334 g/mol. The van der Waals surface area contributed by atoms with Crippen LogP contribution in [-0.4, -0.2) is 23.3 Å². The zero-order valence-corrected chi connectivity index (χ0v) is 13.2. The molecule has 1 heterocycles. The van der Waals surface area contributed by atoms with Crippen LogP contribution in [-0.2, 0) is 11.2 Å². The second-order valence-electron chi connectivity index (χ2n) is 6.07. The zero-order valence-electron chi connectivity index (χ0n) is 13.2. The van der Waals surface area contributed by atoms with Gasteiger partial charge in [-0.3, -0.25) is 0 Å². The van der Waals surface area contributed by atoms with Crippen molar-refractivity contribution in [2.24, 2.45) is 0 Å². The maximum Gasteiger partial charge on any atom is 0.347 e. The van der Waals surface area contributed by atoms with E-state index >= 15 is 0 Å². The molecule has 3 rings (SSSR count). The zero-order chi connectivity index (χ0) is 17.5. The minimum Gasteiger partial charge on any atom is -0.493 e. The summed E-state index contributed by atoms with van der Waals surface area (Å²) in [6.45, 7) is 3.25. The molecule has 1 N–H and O–H groups in total. The van der Waals surface area contributed by atoms with Gasteiger partial charge >= 0.3 is 5.97 Å². The lowest BCUT2D eigenvalue weighted by atomic mass is 9.99. The molecule has 0 aromatic heterocycles. The molecule has 0 aliphatic carbocycles. The quantitative estimate of drug-likeness (QED) is 0.924. The molecule has 2 aromatic rings. The molecule has 0 saturated heterocycles. The second kappa shape index (κ2) is 5.78. The number of benzene rings is 2. The fraction of sp³-hybridized carbons (Fsp3) is 0.278. The molecule has 126 valence electrons. The molecule has 0 bridgehead atoms. The first-order valence-electron chi connectivity index (χ1n) is 7.46. The summed E-state index contributed by atoms with van der Waals surface area (Å²) in [5.41, 5.74) is -0.383. The number of carboxylic acids is 1. The van der Waals surface area contributed by atoms with E-state index in [-0.39, 0.29) is 11.3 Å². The Balaban J connectivity index is 2.17. The van der Waals surface area contributed by atoms with Crippen LogP contribution >= 0.6 is 0 Å². The van der Waals surface area contributed by atoms with Crippen molar-refractivity contribution < 1.29 is 28.2 Å². The number of aliphatic carboxylic acids is 1. The van der Waals surface area contributed by atoms with Crippen molar-refractivity contribution >= 4 is 5.97 Å². The number of halogens is 2. The van der Waals surface area contributed by atoms with Gasteiger partial charge in [-0.05, 0) is 31.5 Å². The highest BCUT2D eigenvalue weighted by Gasteiger charge is 2.32. The van der Waals surface area contributed by atoms with Crippen LogP contribution in [0.1, 0.15) is 19.4 Å². The third-order valence-corrected chi connectivity index (χ3v) is 3.91. The summed E-state index contributed by atoms with van der Waals surface area (Å²) in [4.78, 5) is 11.3. The monoisotopic (exact) mass is 334 g/mol. The Hall–Kier alpha value is -2.63. The summed E-state index contributed by atoms with van der Waals surface area (Å²) in [5.74, 6) is -2.46. The van der Waals surface area contributed by atoms with E-state index < -0.39 is 23.2 Å². The fourth-order valence-corrected chi connectivity index (χ4v) is 2.53. The molecule has 1 aliphatic heterocycles. The molecule has 0 unspecified atom stereocenters. The maximum absolute atomic E-state index is 14.2. The molecular weight excluding hydrogens is 318 g/mol. The lowest BCUT2D eigenvalue weighted by Gasteiger charge is -2.24. The number of fused-ring (bicyclic) bond motifs is 1. The molecule has 0 radical (unpaired) electrons. The first-order chi connectivity index (χ1) is 11.3.